The first-order valence-corrected chi connectivity index (χ1v) is 5.17. The molecular formula is C12H9N5. The number of nitrogens with one attached hydrogen (secondary N) is 1. The minimum absolute atomic E-state index is 0.419. The quantitative estimate of drug-likeness (QED) is 0.678. The standard InChI is InChI=1S/C12H9N5/c1-13-11-3-2-9-4-5-17(12(9)16-11)7-10-6-14-8-15-10/h2-6,8H,7H2,(H,14,15). The van der Waals surface area contributed by atoms with Gasteiger partial charge in [0, 0.05) is 17.8 Å². The van der Waals surface area contributed by atoms with Crippen LogP contribution < -0.4 is 0 Å². The van der Waals surface area contributed by atoms with E-state index in [4.69, 9.17) is 6.57 Å². The summed E-state index contributed by atoms with van der Waals surface area (Å²) in [5.41, 5.74) is 1.84. The molecular weight excluding hydrogens is 214 g/mol. The second-order valence-corrected chi connectivity index (χ2v) is 3.71. The van der Waals surface area contributed by atoms with Crippen LogP contribution in [0.15, 0.2) is 36.9 Å². The average molecular weight is 223 g/mol. The Kier molecular flexibility index (Phi) is 2.12. The molecule has 0 spiro atoms. The lowest BCUT2D eigenvalue weighted by atomic mass is 10.3. The van der Waals surface area contributed by atoms with Gasteiger partial charge in [-0.2, -0.15) is 0 Å². The molecule has 82 valence electrons. The Morgan fingerprint density at radius 3 is 3.06 bits per heavy atom. The van der Waals surface area contributed by atoms with Crippen LogP contribution in [-0.2, 0) is 6.54 Å². The highest BCUT2D eigenvalue weighted by molar-refractivity contribution is 5.78. The van der Waals surface area contributed by atoms with Crippen molar-refractivity contribution >= 4 is 16.9 Å². The van der Waals surface area contributed by atoms with Crippen LogP contribution in [0.25, 0.3) is 15.9 Å². The van der Waals surface area contributed by atoms with Crippen LogP contribution in [0.1, 0.15) is 5.69 Å². The van der Waals surface area contributed by atoms with Crippen LogP contribution in [0.2, 0.25) is 0 Å². The van der Waals surface area contributed by atoms with E-state index in [-0.39, 0.29) is 0 Å². The van der Waals surface area contributed by atoms with E-state index in [9.17, 15) is 0 Å². The molecule has 3 heterocycles. The van der Waals surface area contributed by atoms with Crippen LogP contribution in [0.4, 0.5) is 5.82 Å². The minimum Gasteiger partial charge on any atom is -0.361 e. The molecule has 5 heteroatoms. The minimum atomic E-state index is 0.419. The highest BCUT2D eigenvalue weighted by atomic mass is 15.1. The smallest absolute Gasteiger partial charge is 0.271 e. The van der Waals surface area contributed by atoms with Crippen molar-refractivity contribution in [2.45, 2.75) is 6.54 Å². The maximum Gasteiger partial charge on any atom is 0.271 e. The summed E-state index contributed by atoms with van der Waals surface area (Å²) in [4.78, 5) is 14.7. The second kappa shape index (κ2) is 3.76. The molecule has 3 aromatic heterocycles. The first-order valence-electron chi connectivity index (χ1n) is 5.17. The van der Waals surface area contributed by atoms with Gasteiger partial charge in [0.1, 0.15) is 0 Å². The van der Waals surface area contributed by atoms with Crippen molar-refractivity contribution in [1.29, 1.82) is 0 Å². The van der Waals surface area contributed by atoms with Gasteiger partial charge < -0.3 is 14.4 Å². The highest BCUT2D eigenvalue weighted by Crippen LogP contribution is 2.18. The number of aromatic nitrogens is 4. The van der Waals surface area contributed by atoms with Gasteiger partial charge in [-0.25, -0.2) is 4.98 Å². The van der Waals surface area contributed by atoms with Gasteiger partial charge in [0.25, 0.3) is 5.82 Å². The predicted octanol–water partition coefficient (Wildman–Crippen LogP) is 2.36. The van der Waals surface area contributed by atoms with E-state index >= 15 is 0 Å². The molecule has 0 saturated heterocycles. The molecule has 0 radical (unpaired) electrons. The number of imidazole rings is 1. The van der Waals surface area contributed by atoms with Crippen LogP contribution in [0.5, 0.6) is 0 Å². The summed E-state index contributed by atoms with van der Waals surface area (Å²) >= 11 is 0. The van der Waals surface area contributed by atoms with Crippen LogP contribution >= 0.6 is 0 Å². The molecule has 0 aliphatic heterocycles. The Balaban J connectivity index is 2.08. The highest BCUT2D eigenvalue weighted by Gasteiger charge is 2.07. The third-order valence-corrected chi connectivity index (χ3v) is 2.61. The third kappa shape index (κ3) is 1.66. The predicted molar refractivity (Wildman–Crippen MR) is 63.7 cm³/mol. The number of rotatable bonds is 2. The maximum atomic E-state index is 6.98. The van der Waals surface area contributed by atoms with E-state index in [0.717, 1.165) is 16.7 Å². The summed E-state index contributed by atoms with van der Waals surface area (Å²) in [6, 6.07) is 5.64. The molecule has 0 bridgehead atoms. The Hall–Kier alpha value is -2.61. The summed E-state index contributed by atoms with van der Waals surface area (Å²) < 4.78 is 2.00. The molecule has 0 amide bonds. The Morgan fingerprint density at radius 1 is 1.35 bits per heavy atom. The van der Waals surface area contributed by atoms with Crippen molar-refractivity contribution in [3.05, 3.63) is 54.0 Å². The van der Waals surface area contributed by atoms with E-state index in [1.165, 1.54) is 0 Å². The summed E-state index contributed by atoms with van der Waals surface area (Å²) in [6.07, 6.45) is 5.40. The van der Waals surface area contributed by atoms with E-state index in [2.05, 4.69) is 19.8 Å². The summed E-state index contributed by atoms with van der Waals surface area (Å²) in [5.74, 6) is 0.419. The number of pyridine rings is 1. The lowest BCUT2D eigenvalue weighted by Gasteiger charge is -1.99. The first-order chi connectivity index (χ1) is 8.36. The van der Waals surface area contributed by atoms with Crippen molar-refractivity contribution < 1.29 is 0 Å². The molecule has 0 aromatic carbocycles. The Labute approximate surface area is 97.6 Å². The summed E-state index contributed by atoms with van der Waals surface area (Å²) in [5, 5.41) is 1.04. The van der Waals surface area contributed by atoms with Gasteiger partial charge in [0.15, 0.2) is 0 Å². The van der Waals surface area contributed by atoms with Crippen molar-refractivity contribution in [2.75, 3.05) is 0 Å². The van der Waals surface area contributed by atoms with Gasteiger partial charge in [-0.1, -0.05) is 12.6 Å². The van der Waals surface area contributed by atoms with Gasteiger partial charge in [-0.05, 0) is 12.1 Å². The summed E-state index contributed by atoms with van der Waals surface area (Å²) in [6.45, 7) is 7.65. The fourth-order valence-corrected chi connectivity index (χ4v) is 1.79. The van der Waals surface area contributed by atoms with E-state index in [0.29, 0.717) is 12.4 Å². The van der Waals surface area contributed by atoms with Gasteiger partial charge in [0.2, 0.25) is 5.65 Å². The molecule has 3 rings (SSSR count). The number of fused-ring (bicyclic) bond motifs is 1. The second-order valence-electron chi connectivity index (χ2n) is 3.71. The zero-order chi connectivity index (χ0) is 11.7. The van der Waals surface area contributed by atoms with Crippen LogP contribution in [0, 0.1) is 6.57 Å². The van der Waals surface area contributed by atoms with E-state index in [1.54, 1.807) is 18.6 Å². The number of aromatic amines is 1. The molecule has 1 N–H and O–H groups in total. The van der Waals surface area contributed by atoms with Crippen molar-refractivity contribution in [3.63, 3.8) is 0 Å². The SMILES string of the molecule is [C-]#[N+]c1ccc2ccn(Cc3cnc[nH]3)c2n1. The van der Waals surface area contributed by atoms with Crippen LogP contribution in [0.3, 0.4) is 0 Å². The number of nitrogens with zero attached hydrogens (tertiary/aromatic N) is 4. The van der Waals surface area contributed by atoms with Gasteiger partial charge in [-0.15, -0.1) is 4.98 Å². The van der Waals surface area contributed by atoms with Gasteiger partial charge in [0.05, 0.1) is 18.6 Å². The van der Waals surface area contributed by atoms with Crippen LogP contribution in [-0.4, -0.2) is 19.5 Å². The Morgan fingerprint density at radius 2 is 2.29 bits per heavy atom. The van der Waals surface area contributed by atoms with Crippen molar-refractivity contribution in [2.24, 2.45) is 0 Å². The molecule has 0 saturated carbocycles. The van der Waals surface area contributed by atoms with Crippen molar-refractivity contribution in [3.8, 4) is 0 Å². The number of hydrogen-bond acceptors (Lipinski definition) is 2. The third-order valence-electron chi connectivity index (χ3n) is 2.61. The molecule has 0 fully saturated rings. The average Bonchev–Trinajstić information content (AvgIpc) is 2.99. The normalized spacial score (nSPS) is 10.5. The lowest BCUT2D eigenvalue weighted by molar-refractivity contribution is 0.805. The molecule has 17 heavy (non-hydrogen) atoms. The lowest BCUT2D eigenvalue weighted by Crippen LogP contribution is -1.99. The zero-order valence-electron chi connectivity index (χ0n) is 8.96. The topological polar surface area (TPSA) is 50.9 Å². The molecule has 5 nitrogen and oxygen atoms in total. The molecule has 0 unspecified atom stereocenters. The molecule has 0 atom stereocenters. The number of hydrogen-bond donors (Lipinski definition) is 1. The van der Waals surface area contributed by atoms with E-state index in [1.807, 2.05) is 22.9 Å². The maximum absolute atomic E-state index is 6.98. The van der Waals surface area contributed by atoms with Crippen molar-refractivity contribution in [1.82, 2.24) is 19.5 Å². The number of H-pyrrole nitrogens is 1. The molecule has 0 aliphatic rings. The largest absolute Gasteiger partial charge is 0.361 e. The van der Waals surface area contributed by atoms with E-state index < -0.39 is 0 Å². The van der Waals surface area contributed by atoms with Gasteiger partial charge in [-0.3, -0.25) is 0 Å². The zero-order valence-corrected chi connectivity index (χ0v) is 8.96. The monoisotopic (exact) mass is 223 g/mol. The fraction of sp³-hybridized carbons (Fsp3) is 0.0833. The summed E-state index contributed by atoms with van der Waals surface area (Å²) in [7, 11) is 0. The molecule has 0 aliphatic carbocycles. The Bertz CT molecular complexity index is 687. The van der Waals surface area contributed by atoms with Gasteiger partial charge >= 0.3 is 0 Å². The molecule has 3 aromatic rings. The first kappa shape index (κ1) is 9.60. The fourth-order valence-electron chi connectivity index (χ4n) is 1.79.